The predicted molar refractivity (Wildman–Crippen MR) is 257 cm³/mol. The van der Waals surface area contributed by atoms with Crippen LogP contribution in [0, 0.1) is 0 Å². The first kappa shape index (κ1) is 61.7. The molecule has 0 aromatic heterocycles. The number of carbonyl (C=O) groups excluding carboxylic acids is 7. The molecule has 8 atom stereocenters. The van der Waals surface area contributed by atoms with E-state index in [1.165, 1.54) is 78.1 Å². The molecule has 0 aliphatic carbocycles. The molecule has 16 heteroatoms. The second-order valence-electron chi connectivity index (χ2n) is 17.8. The smallest absolute Gasteiger partial charge is 0.303 e. The fourth-order valence-corrected chi connectivity index (χ4v) is 7.96. The second-order valence-corrected chi connectivity index (χ2v) is 17.8. The zero-order valence-electron chi connectivity index (χ0n) is 42.7. The van der Waals surface area contributed by atoms with E-state index in [0.29, 0.717) is 6.42 Å². The zero-order valence-corrected chi connectivity index (χ0v) is 42.7. The molecule has 0 saturated carbocycles. The first-order chi connectivity index (χ1) is 32.6. The van der Waals surface area contributed by atoms with E-state index >= 15 is 0 Å². The maximum Gasteiger partial charge on any atom is 0.303 e. The highest BCUT2D eigenvalue weighted by Crippen LogP contribution is 2.30. The molecule has 1 heterocycles. The number of hydrogen-bond donors (Lipinski definition) is 1. The molecule has 1 aliphatic heterocycles. The van der Waals surface area contributed by atoms with Crippen LogP contribution in [0.1, 0.15) is 203 Å². The standard InChI is InChI=1S/C52H87NO15/c1-9-11-13-15-17-19-21-23-25-26-28-30-32-34-45(63-39(4)55)44(53-51(60)46(64-40(5)56)35-33-31-29-27-24-22-20-18-16-14-12-10-2)36-62-52-50(67-43(8)59)49(66-42(7)58)48(65-41(6)57)47(68-52)37-61-38(3)54/h17,19,30,32,44-50,52H,9-16,18,20-29,31,33-37H2,1-8H3,(H,53,60). The van der Waals surface area contributed by atoms with Gasteiger partial charge in [0.15, 0.2) is 30.7 Å². The summed E-state index contributed by atoms with van der Waals surface area (Å²) in [6.07, 6.45) is 22.4. The van der Waals surface area contributed by atoms with Gasteiger partial charge in [-0.2, -0.15) is 0 Å². The molecule has 0 radical (unpaired) electrons. The number of hydrogen-bond acceptors (Lipinski definition) is 15. The Bertz CT molecular complexity index is 1510. The van der Waals surface area contributed by atoms with Crippen molar-refractivity contribution in [3.05, 3.63) is 24.3 Å². The third kappa shape index (κ3) is 30.2. The molecule has 0 aromatic rings. The molecule has 1 saturated heterocycles. The van der Waals surface area contributed by atoms with Crippen LogP contribution in [0.5, 0.6) is 0 Å². The van der Waals surface area contributed by atoms with Gasteiger partial charge in [-0.1, -0.05) is 128 Å². The number of carbonyl (C=O) groups is 7. The Morgan fingerprint density at radius 3 is 1.49 bits per heavy atom. The number of unbranched alkanes of at least 4 members (excludes halogenated alkanes) is 18. The zero-order chi connectivity index (χ0) is 50.5. The molecule has 0 aromatic carbocycles. The van der Waals surface area contributed by atoms with Crippen molar-refractivity contribution in [2.75, 3.05) is 13.2 Å². The van der Waals surface area contributed by atoms with E-state index in [-0.39, 0.29) is 12.8 Å². The predicted octanol–water partition coefficient (Wildman–Crippen LogP) is 9.56. The summed E-state index contributed by atoms with van der Waals surface area (Å²) in [7, 11) is 0. The van der Waals surface area contributed by atoms with Crippen LogP contribution in [-0.2, 0) is 71.5 Å². The number of nitrogens with one attached hydrogen (secondary N) is 1. The molecule has 0 spiro atoms. The Balaban J connectivity index is 3.37. The first-order valence-corrected chi connectivity index (χ1v) is 25.5. The van der Waals surface area contributed by atoms with Crippen molar-refractivity contribution in [3.63, 3.8) is 0 Å². The molecule has 8 unspecified atom stereocenters. The lowest BCUT2D eigenvalue weighted by atomic mass is 9.98. The fourth-order valence-electron chi connectivity index (χ4n) is 7.96. The third-order valence-corrected chi connectivity index (χ3v) is 11.3. The minimum Gasteiger partial charge on any atom is -0.463 e. The Hall–Kier alpha value is -4.31. The van der Waals surface area contributed by atoms with Gasteiger partial charge in [-0.3, -0.25) is 33.6 Å². The minimum atomic E-state index is -1.57. The van der Waals surface area contributed by atoms with Gasteiger partial charge in [-0.05, 0) is 51.4 Å². The van der Waals surface area contributed by atoms with Gasteiger partial charge in [0.1, 0.15) is 18.8 Å². The quantitative estimate of drug-likeness (QED) is 0.0265. The molecule has 0 bridgehead atoms. The largest absolute Gasteiger partial charge is 0.463 e. The SMILES string of the molecule is CCCCCC=CCCCCCC=CCC(OC(C)=O)C(COC1OC(COC(C)=O)C(OC(C)=O)C(OC(C)=O)C1OC(C)=O)NC(=O)C(CCCCCCCCCCCCCC)OC(C)=O. The summed E-state index contributed by atoms with van der Waals surface area (Å²) < 4.78 is 45.6. The van der Waals surface area contributed by atoms with E-state index in [2.05, 4.69) is 31.3 Å². The van der Waals surface area contributed by atoms with Crippen molar-refractivity contribution >= 4 is 41.7 Å². The van der Waals surface area contributed by atoms with Crippen molar-refractivity contribution in [1.82, 2.24) is 5.32 Å². The summed E-state index contributed by atoms with van der Waals surface area (Å²) in [6, 6.07) is -1.10. The van der Waals surface area contributed by atoms with Crippen molar-refractivity contribution in [1.29, 1.82) is 0 Å². The Morgan fingerprint density at radius 1 is 0.515 bits per heavy atom. The minimum absolute atomic E-state index is 0.157. The maximum absolute atomic E-state index is 14.1. The summed E-state index contributed by atoms with van der Waals surface area (Å²) in [5.74, 6) is -5.03. The third-order valence-electron chi connectivity index (χ3n) is 11.3. The van der Waals surface area contributed by atoms with Crippen molar-refractivity contribution in [3.8, 4) is 0 Å². The number of rotatable bonds is 38. The summed E-state index contributed by atoms with van der Waals surface area (Å²) >= 11 is 0. The number of ether oxygens (including phenoxy) is 8. The average molecular weight is 966 g/mol. The van der Waals surface area contributed by atoms with Gasteiger partial charge < -0.3 is 43.2 Å². The molecule has 1 fully saturated rings. The van der Waals surface area contributed by atoms with Gasteiger partial charge in [0, 0.05) is 48.0 Å². The molecule has 1 amide bonds. The van der Waals surface area contributed by atoms with Gasteiger partial charge in [-0.15, -0.1) is 0 Å². The van der Waals surface area contributed by atoms with E-state index in [4.69, 9.17) is 37.9 Å². The van der Waals surface area contributed by atoms with Gasteiger partial charge in [-0.25, -0.2) is 0 Å². The monoisotopic (exact) mass is 966 g/mol. The highest BCUT2D eigenvalue weighted by molar-refractivity contribution is 5.83. The summed E-state index contributed by atoms with van der Waals surface area (Å²) in [5, 5.41) is 2.90. The van der Waals surface area contributed by atoms with E-state index < -0.39 is 104 Å². The number of allylic oxidation sites excluding steroid dienone is 3. The van der Waals surface area contributed by atoms with Gasteiger partial charge in [0.05, 0.1) is 12.6 Å². The molecule has 68 heavy (non-hydrogen) atoms. The molecular weight excluding hydrogens is 879 g/mol. The molecule has 1 aliphatic rings. The van der Waals surface area contributed by atoms with Crippen LogP contribution in [0.4, 0.5) is 0 Å². The molecule has 16 nitrogen and oxygen atoms in total. The normalized spacial score (nSPS) is 19.4. The highest BCUT2D eigenvalue weighted by Gasteiger charge is 2.53. The second kappa shape index (κ2) is 38.5. The van der Waals surface area contributed by atoms with Gasteiger partial charge in [0.25, 0.3) is 5.91 Å². The topological polar surface area (TPSA) is 205 Å². The Kier molecular flexibility index (Phi) is 35.0. The van der Waals surface area contributed by atoms with Crippen LogP contribution in [0.2, 0.25) is 0 Å². The van der Waals surface area contributed by atoms with E-state index in [1.807, 2.05) is 12.2 Å². The summed E-state index contributed by atoms with van der Waals surface area (Å²) in [6.45, 7) is 10.5. The summed E-state index contributed by atoms with van der Waals surface area (Å²) in [4.78, 5) is 88.2. The van der Waals surface area contributed by atoms with Gasteiger partial charge in [0.2, 0.25) is 0 Å². The van der Waals surface area contributed by atoms with E-state index in [0.717, 1.165) is 91.9 Å². The van der Waals surface area contributed by atoms with Crippen LogP contribution < -0.4 is 5.32 Å². The van der Waals surface area contributed by atoms with Crippen LogP contribution in [-0.4, -0.2) is 104 Å². The molecule has 1 rings (SSSR count). The van der Waals surface area contributed by atoms with Crippen molar-refractivity contribution in [2.24, 2.45) is 0 Å². The highest BCUT2D eigenvalue weighted by atomic mass is 16.7. The van der Waals surface area contributed by atoms with Crippen LogP contribution in [0.3, 0.4) is 0 Å². The average Bonchev–Trinajstić information content (AvgIpc) is 3.26. The Morgan fingerprint density at radius 2 is 0.971 bits per heavy atom. The Labute approximate surface area is 407 Å². The lowest BCUT2D eigenvalue weighted by Gasteiger charge is -2.44. The maximum atomic E-state index is 14.1. The van der Waals surface area contributed by atoms with E-state index in [9.17, 15) is 33.6 Å². The summed E-state index contributed by atoms with van der Waals surface area (Å²) in [5.41, 5.74) is 0. The van der Waals surface area contributed by atoms with Crippen molar-refractivity contribution in [2.45, 2.75) is 252 Å². The van der Waals surface area contributed by atoms with Crippen molar-refractivity contribution < 1.29 is 71.5 Å². The van der Waals surface area contributed by atoms with Crippen LogP contribution >= 0.6 is 0 Å². The first-order valence-electron chi connectivity index (χ1n) is 25.5. The van der Waals surface area contributed by atoms with Gasteiger partial charge >= 0.3 is 35.8 Å². The lowest BCUT2D eigenvalue weighted by Crippen LogP contribution is -2.63. The molecule has 390 valence electrons. The number of amides is 1. The molecule has 1 N–H and O–H groups in total. The number of esters is 6. The van der Waals surface area contributed by atoms with Crippen LogP contribution in [0.25, 0.3) is 0 Å². The molecular formula is C52H87NO15. The van der Waals surface area contributed by atoms with E-state index in [1.54, 1.807) is 0 Å². The lowest BCUT2D eigenvalue weighted by molar-refractivity contribution is -0.309. The van der Waals surface area contributed by atoms with Crippen LogP contribution in [0.15, 0.2) is 24.3 Å². The fraction of sp³-hybridized carbons (Fsp3) is 0.788.